The minimum absolute atomic E-state index is 0.0267. The van der Waals surface area contributed by atoms with Gasteiger partial charge in [-0.05, 0) is 52.8 Å². The van der Waals surface area contributed by atoms with Crippen LogP contribution in [0.5, 0.6) is 5.75 Å². The van der Waals surface area contributed by atoms with E-state index in [1.807, 2.05) is 48.5 Å². The molecule has 0 radical (unpaired) electrons. The van der Waals surface area contributed by atoms with E-state index in [0.29, 0.717) is 10.9 Å². The van der Waals surface area contributed by atoms with Crippen LogP contribution in [-0.2, 0) is 16.0 Å². The molecule has 8 heteroatoms. The van der Waals surface area contributed by atoms with E-state index < -0.39 is 23.7 Å². The van der Waals surface area contributed by atoms with Gasteiger partial charge < -0.3 is 24.7 Å². The lowest BCUT2D eigenvalue weighted by Gasteiger charge is -2.17. The summed E-state index contributed by atoms with van der Waals surface area (Å²) >= 11 is 0. The zero-order valence-electron chi connectivity index (χ0n) is 19.1. The number of ether oxygens (including phenoxy) is 1. The molecule has 0 saturated heterocycles. The van der Waals surface area contributed by atoms with E-state index in [0.717, 1.165) is 22.3 Å². The molecule has 1 atom stereocenters. The third-order valence-electron chi connectivity index (χ3n) is 6.45. The Bertz CT molecular complexity index is 1480. The Morgan fingerprint density at radius 3 is 2.31 bits per heavy atom. The van der Waals surface area contributed by atoms with Crippen molar-refractivity contribution in [3.05, 3.63) is 99.9 Å². The quantitative estimate of drug-likeness (QED) is 0.331. The molecule has 5 rings (SSSR count). The van der Waals surface area contributed by atoms with Gasteiger partial charge in [0.2, 0.25) is 0 Å². The molecule has 0 fully saturated rings. The van der Waals surface area contributed by atoms with Gasteiger partial charge in [-0.3, -0.25) is 0 Å². The maximum atomic E-state index is 12.6. The highest BCUT2D eigenvalue weighted by atomic mass is 16.5. The molecule has 4 aromatic rings. The van der Waals surface area contributed by atoms with Crippen molar-refractivity contribution < 1.29 is 29.0 Å². The summed E-state index contributed by atoms with van der Waals surface area (Å²) in [6, 6.07) is 20.3. The van der Waals surface area contributed by atoms with Gasteiger partial charge in [0.15, 0.2) is 0 Å². The molecule has 0 unspecified atom stereocenters. The standard InChI is InChI=1S/C28H23NO7/c30-17-10-11-18-16(13-26(31)36-25(18)14-17)9-12-24(27(32)33)29-28(34)35-15-23-21-7-3-1-5-19(21)20-6-2-4-8-22(20)23/h1-8,10-11,13-14,23-24,30H,9,12,15H2,(H,29,34)(H,32,33)/t24-/m0/s1. The normalized spacial score (nSPS) is 13.1. The van der Waals surface area contributed by atoms with Crippen molar-refractivity contribution in [3.8, 4) is 16.9 Å². The third kappa shape index (κ3) is 4.53. The fraction of sp³-hybridized carbons (Fsp3) is 0.179. The lowest BCUT2D eigenvalue weighted by molar-refractivity contribution is -0.139. The first-order valence-electron chi connectivity index (χ1n) is 11.5. The van der Waals surface area contributed by atoms with E-state index >= 15 is 0 Å². The van der Waals surface area contributed by atoms with Crippen LogP contribution in [0.2, 0.25) is 0 Å². The Hall–Kier alpha value is -4.59. The first-order valence-corrected chi connectivity index (χ1v) is 11.5. The molecule has 3 N–H and O–H groups in total. The number of carbonyl (C=O) groups excluding carboxylic acids is 1. The van der Waals surface area contributed by atoms with Gasteiger partial charge in [0, 0.05) is 23.4 Å². The van der Waals surface area contributed by atoms with Crippen LogP contribution in [0.15, 0.2) is 82.0 Å². The fourth-order valence-electron chi connectivity index (χ4n) is 4.76. The van der Waals surface area contributed by atoms with Crippen LogP contribution in [0.4, 0.5) is 4.79 Å². The second-order valence-electron chi connectivity index (χ2n) is 8.67. The minimum atomic E-state index is -1.22. The largest absolute Gasteiger partial charge is 0.508 e. The number of carbonyl (C=O) groups is 2. The van der Waals surface area contributed by atoms with Gasteiger partial charge in [-0.25, -0.2) is 14.4 Å². The lowest BCUT2D eigenvalue weighted by atomic mass is 9.98. The summed E-state index contributed by atoms with van der Waals surface area (Å²) in [4.78, 5) is 36.3. The molecule has 8 nitrogen and oxygen atoms in total. The van der Waals surface area contributed by atoms with Gasteiger partial charge in [-0.2, -0.15) is 0 Å². The number of aliphatic carboxylic acids is 1. The Balaban J connectivity index is 1.26. The predicted octanol–water partition coefficient (Wildman–Crippen LogP) is 4.42. The number of rotatable bonds is 7. The molecule has 3 aromatic carbocycles. The zero-order chi connectivity index (χ0) is 25.2. The Kier molecular flexibility index (Phi) is 6.16. The van der Waals surface area contributed by atoms with Crippen LogP contribution >= 0.6 is 0 Å². The maximum absolute atomic E-state index is 12.6. The highest BCUT2D eigenvalue weighted by molar-refractivity contribution is 5.83. The number of fused-ring (bicyclic) bond motifs is 4. The second kappa shape index (κ2) is 9.58. The number of aromatic hydroxyl groups is 1. The zero-order valence-corrected chi connectivity index (χ0v) is 19.1. The van der Waals surface area contributed by atoms with Crippen LogP contribution in [0.25, 0.3) is 22.1 Å². The number of phenolic OH excluding ortho intramolecular Hbond substituents is 1. The average molecular weight is 485 g/mol. The van der Waals surface area contributed by atoms with Gasteiger partial charge in [-0.1, -0.05) is 48.5 Å². The van der Waals surface area contributed by atoms with Crippen LogP contribution < -0.4 is 10.9 Å². The Morgan fingerprint density at radius 2 is 1.64 bits per heavy atom. The second-order valence-corrected chi connectivity index (χ2v) is 8.67. The minimum Gasteiger partial charge on any atom is -0.508 e. The van der Waals surface area contributed by atoms with E-state index in [9.17, 15) is 24.6 Å². The highest BCUT2D eigenvalue weighted by Crippen LogP contribution is 2.44. The maximum Gasteiger partial charge on any atom is 0.407 e. The molecule has 0 saturated carbocycles. The first-order chi connectivity index (χ1) is 17.4. The van der Waals surface area contributed by atoms with Crippen molar-refractivity contribution >= 4 is 23.0 Å². The topological polar surface area (TPSA) is 126 Å². The summed E-state index contributed by atoms with van der Waals surface area (Å²) in [7, 11) is 0. The number of alkyl carbamates (subject to hydrolysis) is 1. The molecule has 1 aromatic heterocycles. The summed E-state index contributed by atoms with van der Waals surface area (Å²) in [6.07, 6.45) is -0.612. The number of benzene rings is 3. The molecule has 0 aliphatic heterocycles. The van der Waals surface area contributed by atoms with Crippen LogP contribution in [-0.4, -0.2) is 34.9 Å². The van der Waals surface area contributed by atoms with E-state index in [2.05, 4.69) is 5.32 Å². The number of phenols is 1. The fourth-order valence-corrected chi connectivity index (χ4v) is 4.76. The van der Waals surface area contributed by atoms with E-state index in [1.54, 1.807) is 6.07 Å². The first kappa shape index (κ1) is 23.2. The molecule has 0 spiro atoms. The van der Waals surface area contributed by atoms with Gasteiger partial charge in [0.1, 0.15) is 24.0 Å². The van der Waals surface area contributed by atoms with Gasteiger partial charge >= 0.3 is 17.7 Å². The van der Waals surface area contributed by atoms with Gasteiger partial charge in [-0.15, -0.1) is 0 Å². The molecule has 1 aliphatic rings. The van der Waals surface area contributed by atoms with Gasteiger partial charge in [0.25, 0.3) is 0 Å². The van der Waals surface area contributed by atoms with E-state index in [-0.39, 0.29) is 36.7 Å². The van der Waals surface area contributed by atoms with Crippen molar-refractivity contribution in [2.75, 3.05) is 6.61 Å². The predicted molar refractivity (Wildman–Crippen MR) is 132 cm³/mol. The van der Waals surface area contributed by atoms with Crippen LogP contribution in [0.3, 0.4) is 0 Å². The number of hydrogen-bond acceptors (Lipinski definition) is 6. The summed E-state index contributed by atoms with van der Waals surface area (Å²) < 4.78 is 10.6. The van der Waals surface area contributed by atoms with Gasteiger partial charge in [0.05, 0.1) is 0 Å². The highest BCUT2D eigenvalue weighted by Gasteiger charge is 2.29. The van der Waals surface area contributed by atoms with Crippen molar-refractivity contribution in [2.45, 2.75) is 24.8 Å². The summed E-state index contributed by atoms with van der Waals surface area (Å²) in [5.41, 5.74) is 4.45. The number of carboxylic acid groups (broad SMARTS) is 1. The number of aryl methyl sites for hydroxylation is 1. The molecule has 1 aliphatic carbocycles. The monoisotopic (exact) mass is 485 g/mol. The third-order valence-corrected chi connectivity index (χ3v) is 6.45. The summed E-state index contributed by atoms with van der Waals surface area (Å²) in [5, 5.41) is 22.3. The van der Waals surface area contributed by atoms with Crippen molar-refractivity contribution in [1.82, 2.24) is 5.32 Å². The smallest absolute Gasteiger partial charge is 0.407 e. The number of amides is 1. The lowest BCUT2D eigenvalue weighted by Crippen LogP contribution is -2.41. The Labute approximate surface area is 205 Å². The number of hydrogen-bond donors (Lipinski definition) is 3. The summed E-state index contributed by atoms with van der Waals surface area (Å²) in [6.45, 7) is 0.0695. The van der Waals surface area contributed by atoms with E-state index in [4.69, 9.17) is 9.15 Å². The molecular weight excluding hydrogens is 462 g/mol. The Morgan fingerprint density at radius 1 is 0.972 bits per heavy atom. The van der Waals surface area contributed by atoms with Crippen molar-refractivity contribution in [1.29, 1.82) is 0 Å². The number of carboxylic acids is 1. The summed E-state index contributed by atoms with van der Waals surface area (Å²) in [5.74, 6) is -1.41. The molecule has 36 heavy (non-hydrogen) atoms. The molecule has 1 amide bonds. The molecule has 1 heterocycles. The SMILES string of the molecule is O=C(N[C@@H](CCc1cc(=O)oc2cc(O)ccc12)C(=O)O)OCC1c2ccccc2-c2ccccc21. The molecule has 0 bridgehead atoms. The molecular formula is C28H23NO7. The van der Waals surface area contributed by atoms with E-state index in [1.165, 1.54) is 18.2 Å². The van der Waals surface area contributed by atoms with Crippen LogP contribution in [0.1, 0.15) is 29.0 Å². The molecule has 182 valence electrons. The van der Waals surface area contributed by atoms with Crippen LogP contribution in [0, 0.1) is 0 Å². The average Bonchev–Trinajstić information content (AvgIpc) is 3.18. The van der Waals surface area contributed by atoms with Crippen molar-refractivity contribution in [3.63, 3.8) is 0 Å². The van der Waals surface area contributed by atoms with Crippen molar-refractivity contribution in [2.24, 2.45) is 0 Å². The number of nitrogens with one attached hydrogen (secondary N) is 1.